The van der Waals surface area contributed by atoms with Crippen molar-refractivity contribution in [1.29, 1.82) is 0 Å². The first-order valence-corrected chi connectivity index (χ1v) is 24.7. The van der Waals surface area contributed by atoms with Gasteiger partial charge in [0.2, 0.25) is 0 Å². The Morgan fingerprint density at radius 1 is 0.403 bits per heavy atom. The molecule has 67 heavy (non-hydrogen) atoms. The van der Waals surface area contributed by atoms with E-state index in [4.69, 9.17) is 0 Å². The predicted octanol–water partition coefficient (Wildman–Crippen LogP) is 18.8. The van der Waals surface area contributed by atoms with Crippen molar-refractivity contribution < 1.29 is 0 Å². The molecule has 1 aliphatic rings. The van der Waals surface area contributed by atoms with E-state index in [0.717, 1.165) is 22.7 Å². The Morgan fingerprint density at radius 2 is 0.985 bits per heavy atom. The highest BCUT2D eigenvalue weighted by atomic mass is 32.1. The summed E-state index contributed by atoms with van der Waals surface area (Å²) in [6.07, 6.45) is 6.47. The zero-order valence-electron chi connectivity index (χ0n) is 37.3. The highest BCUT2D eigenvalue weighted by Crippen LogP contribution is 2.47. The molecule has 0 N–H and O–H groups in total. The maximum Gasteiger partial charge on any atom is 0.0619 e. The number of aromatic nitrogens is 1. The summed E-state index contributed by atoms with van der Waals surface area (Å²) in [5, 5.41) is 7.88. The number of para-hydroxylation sites is 4. The molecule has 0 aliphatic heterocycles. The van der Waals surface area contributed by atoms with Gasteiger partial charge in [-0.1, -0.05) is 183 Å². The molecule has 2 aromatic heterocycles. The Hall–Kier alpha value is -7.72. The standard InChI is InChI=1S/C64H48N2S/c1-3-17-43(18-4-1)50-26-13-19-46-20-14-29-55(62(46)50)53-23-7-10-31-58(53)65(48-39-35-44(36-40-48)51-27-16-34-61-63(51)57-25-9-12-33-60(57)67-61)49-41-37-45(38-42-49)52-28-15-30-56-54-24-8-11-32-59(54)66(64(52)56)47-21-5-2-6-22-47/h2,5-16,19-43H,1,3-4,17-18H2. The van der Waals surface area contributed by atoms with Crippen LogP contribution in [0.4, 0.5) is 17.1 Å². The molecule has 2 nitrogen and oxygen atoms in total. The Kier molecular flexibility index (Phi) is 9.83. The van der Waals surface area contributed by atoms with E-state index in [2.05, 4.69) is 234 Å². The number of fused-ring (bicyclic) bond motifs is 7. The van der Waals surface area contributed by atoms with E-state index in [-0.39, 0.29) is 0 Å². The van der Waals surface area contributed by atoms with Gasteiger partial charge in [-0.15, -0.1) is 11.3 Å². The largest absolute Gasteiger partial charge is 0.310 e. The minimum absolute atomic E-state index is 0.580. The first-order valence-electron chi connectivity index (χ1n) is 23.9. The third-order valence-electron chi connectivity index (χ3n) is 14.4. The van der Waals surface area contributed by atoms with E-state index in [9.17, 15) is 0 Å². The van der Waals surface area contributed by atoms with Gasteiger partial charge in [0, 0.05) is 59.1 Å². The first-order chi connectivity index (χ1) is 33.3. The molecule has 3 heteroatoms. The van der Waals surface area contributed by atoms with Crippen molar-refractivity contribution in [3.8, 4) is 39.1 Å². The van der Waals surface area contributed by atoms with Gasteiger partial charge in [-0.25, -0.2) is 0 Å². The summed E-state index contributed by atoms with van der Waals surface area (Å²) in [7, 11) is 0. The summed E-state index contributed by atoms with van der Waals surface area (Å²) in [5.41, 5.74) is 15.9. The Labute approximate surface area is 395 Å². The molecular weight excluding hydrogens is 829 g/mol. The molecule has 0 saturated heterocycles. The fourth-order valence-electron chi connectivity index (χ4n) is 11.4. The minimum Gasteiger partial charge on any atom is -0.310 e. The lowest BCUT2D eigenvalue weighted by Gasteiger charge is -2.29. The van der Waals surface area contributed by atoms with Crippen molar-refractivity contribution in [1.82, 2.24) is 4.57 Å². The van der Waals surface area contributed by atoms with Crippen molar-refractivity contribution in [2.45, 2.75) is 38.0 Å². The number of thiophene rings is 1. The van der Waals surface area contributed by atoms with Crippen molar-refractivity contribution in [2.24, 2.45) is 0 Å². The molecule has 0 unspecified atom stereocenters. The number of benzene rings is 10. The van der Waals surface area contributed by atoms with Crippen LogP contribution in [0.3, 0.4) is 0 Å². The van der Waals surface area contributed by atoms with Gasteiger partial charge >= 0.3 is 0 Å². The average molecular weight is 877 g/mol. The van der Waals surface area contributed by atoms with Gasteiger partial charge in [-0.3, -0.25) is 0 Å². The summed E-state index contributed by atoms with van der Waals surface area (Å²) in [5.74, 6) is 0.580. The van der Waals surface area contributed by atoms with Crippen molar-refractivity contribution in [3.05, 3.63) is 230 Å². The van der Waals surface area contributed by atoms with Gasteiger partial charge in [0.05, 0.1) is 16.7 Å². The maximum atomic E-state index is 2.48. The average Bonchev–Trinajstić information content (AvgIpc) is 3.96. The smallest absolute Gasteiger partial charge is 0.0619 e. The molecule has 320 valence electrons. The molecule has 12 aromatic rings. The molecule has 0 amide bonds. The fourth-order valence-corrected chi connectivity index (χ4v) is 12.5. The van der Waals surface area contributed by atoms with E-state index in [0.29, 0.717) is 5.92 Å². The lowest BCUT2D eigenvalue weighted by atomic mass is 9.80. The van der Waals surface area contributed by atoms with Crippen molar-refractivity contribution >= 4 is 81.1 Å². The number of nitrogens with zero attached hydrogens (tertiary/aromatic N) is 2. The highest BCUT2D eigenvalue weighted by Gasteiger charge is 2.24. The van der Waals surface area contributed by atoms with Crippen LogP contribution in [0.2, 0.25) is 0 Å². The number of rotatable bonds is 8. The molecule has 2 heterocycles. The Balaban J connectivity index is 0.986. The molecule has 1 saturated carbocycles. The predicted molar refractivity (Wildman–Crippen MR) is 288 cm³/mol. The van der Waals surface area contributed by atoms with Gasteiger partial charge in [-0.05, 0) is 118 Å². The SMILES string of the molecule is c1ccc(-n2c3ccccc3c3cccc(-c4ccc(N(c5ccc(-c6cccc7sc8ccccc8c67)cc5)c5ccccc5-c5cccc6cccc(C7CCCCC7)c56)cc4)c32)cc1. The zero-order chi connectivity index (χ0) is 44.3. The molecule has 10 aromatic carbocycles. The third-order valence-corrected chi connectivity index (χ3v) is 15.5. The van der Waals surface area contributed by atoms with Crippen LogP contribution in [-0.4, -0.2) is 4.57 Å². The van der Waals surface area contributed by atoms with Crippen LogP contribution in [0, 0.1) is 0 Å². The van der Waals surface area contributed by atoms with E-state index in [1.165, 1.54) is 124 Å². The molecule has 0 spiro atoms. The quantitative estimate of drug-likeness (QED) is 0.148. The lowest BCUT2D eigenvalue weighted by Crippen LogP contribution is -2.11. The van der Waals surface area contributed by atoms with Gasteiger partial charge < -0.3 is 9.47 Å². The van der Waals surface area contributed by atoms with Crippen LogP contribution in [0.25, 0.3) is 91.8 Å². The molecule has 1 aliphatic carbocycles. The van der Waals surface area contributed by atoms with Crippen molar-refractivity contribution in [2.75, 3.05) is 4.90 Å². The van der Waals surface area contributed by atoms with Crippen LogP contribution in [0.1, 0.15) is 43.6 Å². The Morgan fingerprint density at radius 3 is 1.79 bits per heavy atom. The van der Waals surface area contributed by atoms with E-state index in [1.807, 2.05) is 11.3 Å². The second-order valence-electron chi connectivity index (χ2n) is 18.2. The summed E-state index contributed by atoms with van der Waals surface area (Å²) < 4.78 is 5.08. The molecule has 0 atom stereocenters. The van der Waals surface area contributed by atoms with Gasteiger partial charge in [-0.2, -0.15) is 0 Å². The molecule has 0 bridgehead atoms. The van der Waals surface area contributed by atoms with Crippen LogP contribution in [0.5, 0.6) is 0 Å². The van der Waals surface area contributed by atoms with Gasteiger partial charge in [0.15, 0.2) is 0 Å². The van der Waals surface area contributed by atoms with E-state index >= 15 is 0 Å². The third kappa shape index (κ3) is 6.76. The fraction of sp³-hybridized carbons (Fsp3) is 0.0938. The highest BCUT2D eigenvalue weighted by molar-refractivity contribution is 7.25. The molecule has 13 rings (SSSR count). The monoisotopic (exact) mass is 876 g/mol. The normalized spacial score (nSPS) is 13.3. The number of hydrogen-bond donors (Lipinski definition) is 0. The Bertz CT molecular complexity index is 3770. The van der Waals surface area contributed by atoms with Crippen LogP contribution < -0.4 is 4.90 Å². The van der Waals surface area contributed by atoms with Crippen LogP contribution >= 0.6 is 11.3 Å². The molecular formula is C64H48N2S. The topological polar surface area (TPSA) is 8.17 Å². The summed E-state index contributed by atoms with van der Waals surface area (Å²) >= 11 is 1.87. The maximum absolute atomic E-state index is 2.48. The van der Waals surface area contributed by atoms with Gasteiger partial charge in [0.25, 0.3) is 0 Å². The first kappa shape index (κ1) is 39.6. The van der Waals surface area contributed by atoms with Crippen molar-refractivity contribution in [3.63, 3.8) is 0 Å². The zero-order valence-corrected chi connectivity index (χ0v) is 38.1. The molecule has 0 radical (unpaired) electrons. The van der Waals surface area contributed by atoms with Crippen LogP contribution in [0.15, 0.2) is 224 Å². The summed E-state index contributed by atoms with van der Waals surface area (Å²) in [6, 6.07) is 83.4. The van der Waals surface area contributed by atoms with Gasteiger partial charge in [0.1, 0.15) is 0 Å². The lowest BCUT2D eigenvalue weighted by molar-refractivity contribution is 0.445. The van der Waals surface area contributed by atoms with E-state index < -0.39 is 0 Å². The second kappa shape index (κ2) is 16.6. The summed E-state index contributed by atoms with van der Waals surface area (Å²) in [6.45, 7) is 0. The van der Waals surface area contributed by atoms with Crippen LogP contribution in [-0.2, 0) is 0 Å². The second-order valence-corrected chi connectivity index (χ2v) is 19.3. The number of hydrogen-bond acceptors (Lipinski definition) is 2. The number of anilines is 3. The van der Waals surface area contributed by atoms with E-state index in [1.54, 1.807) is 0 Å². The molecule has 1 fully saturated rings. The minimum atomic E-state index is 0.580. The summed E-state index contributed by atoms with van der Waals surface area (Å²) in [4.78, 5) is 2.48.